The molecule has 0 aromatic carbocycles. The van der Waals surface area contributed by atoms with Crippen molar-refractivity contribution in [1.29, 1.82) is 0 Å². The third-order valence-corrected chi connectivity index (χ3v) is 4.18. The maximum Gasteiger partial charge on any atom is 0.177 e. The van der Waals surface area contributed by atoms with Crippen LogP contribution in [0.2, 0.25) is 0 Å². The Labute approximate surface area is 103 Å². The molecule has 94 valence electrons. The second kappa shape index (κ2) is 5.64. The number of hydrogen-bond acceptors (Lipinski definition) is 4. The van der Waals surface area contributed by atoms with E-state index in [0.29, 0.717) is 5.25 Å². The molecule has 1 aromatic rings. The summed E-state index contributed by atoms with van der Waals surface area (Å²) in [6.07, 6.45) is 5.71. The lowest BCUT2D eigenvalue weighted by Gasteiger charge is -2.20. The largest absolute Gasteiger partial charge is 0.306 e. The fraction of sp³-hybridized carbons (Fsp3) is 0.545. The lowest BCUT2D eigenvalue weighted by molar-refractivity contribution is 0.512. The van der Waals surface area contributed by atoms with Crippen LogP contribution in [0.5, 0.6) is 0 Å². The number of aromatic nitrogens is 1. The van der Waals surface area contributed by atoms with Crippen molar-refractivity contribution in [2.75, 3.05) is 5.43 Å². The minimum atomic E-state index is -0.766. The van der Waals surface area contributed by atoms with Gasteiger partial charge in [0.25, 0.3) is 0 Å². The van der Waals surface area contributed by atoms with Gasteiger partial charge in [-0.2, -0.15) is 0 Å². The number of nitrogen functional groups attached to an aromatic ring is 1. The Balaban J connectivity index is 2.13. The standard InChI is InChI=1S/C11H15F2N3S/c12-8-6-9(13)11(15-10(8)16-14)17-7-4-2-1-3-5-7/h6-7H,1-5,14H2,(H,15,16). The van der Waals surface area contributed by atoms with Crippen LogP contribution >= 0.6 is 11.8 Å². The van der Waals surface area contributed by atoms with E-state index in [1.807, 2.05) is 0 Å². The molecule has 0 amide bonds. The molecule has 0 atom stereocenters. The predicted octanol–water partition coefficient (Wildman–Crippen LogP) is 3.07. The average Bonchev–Trinajstić information content (AvgIpc) is 2.34. The Morgan fingerprint density at radius 3 is 2.59 bits per heavy atom. The first-order chi connectivity index (χ1) is 8.20. The average molecular weight is 259 g/mol. The number of nitrogens with one attached hydrogen (secondary N) is 1. The molecule has 6 heteroatoms. The van der Waals surface area contributed by atoms with E-state index in [2.05, 4.69) is 10.4 Å². The molecule has 0 aliphatic heterocycles. The van der Waals surface area contributed by atoms with Crippen molar-refractivity contribution >= 4 is 17.6 Å². The van der Waals surface area contributed by atoms with Crippen molar-refractivity contribution in [3.63, 3.8) is 0 Å². The summed E-state index contributed by atoms with van der Waals surface area (Å²) in [5.74, 6) is 3.63. The lowest BCUT2D eigenvalue weighted by atomic mass is 10.0. The topological polar surface area (TPSA) is 50.9 Å². The molecular weight excluding hydrogens is 244 g/mol. The van der Waals surface area contributed by atoms with Crippen molar-refractivity contribution in [3.8, 4) is 0 Å². The molecule has 2 rings (SSSR count). The van der Waals surface area contributed by atoms with E-state index in [1.165, 1.54) is 31.0 Å². The summed E-state index contributed by atoms with van der Waals surface area (Å²) in [6, 6.07) is 0.827. The van der Waals surface area contributed by atoms with E-state index in [-0.39, 0.29) is 10.8 Å². The zero-order valence-electron chi connectivity index (χ0n) is 9.38. The molecule has 17 heavy (non-hydrogen) atoms. The number of pyridine rings is 1. The third-order valence-electron chi connectivity index (χ3n) is 2.86. The van der Waals surface area contributed by atoms with Crippen LogP contribution in [-0.4, -0.2) is 10.2 Å². The van der Waals surface area contributed by atoms with E-state index in [4.69, 9.17) is 5.84 Å². The zero-order valence-corrected chi connectivity index (χ0v) is 10.2. The van der Waals surface area contributed by atoms with Gasteiger partial charge in [-0.05, 0) is 12.8 Å². The highest BCUT2D eigenvalue weighted by Crippen LogP contribution is 2.34. The number of rotatable bonds is 3. The van der Waals surface area contributed by atoms with Crippen molar-refractivity contribution in [3.05, 3.63) is 17.7 Å². The smallest absolute Gasteiger partial charge is 0.177 e. The van der Waals surface area contributed by atoms with Gasteiger partial charge in [-0.15, -0.1) is 0 Å². The number of thioether (sulfide) groups is 1. The van der Waals surface area contributed by atoms with Crippen molar-refractivity contribution in [2.24, 2.45) is 5.84 Å². The highest BCUT2D eigenvalue weighted by atomic mass is 32.2. The van der Waals surface area contributed by atoms with Gasteiger partial charge in [0, 0.05) is 11.3 Å². The quantitative estimate of drug-likeness (QED) is 0.647. The SMILES string of the molecule is NNc1nc(SC2CCCCC2)c(F)cc1F. The van der Waals surface area contributed by atoms with Gasteiger partial charge in [0.1, 0.15) is 5.03 Å². The summed E-state index contributed by atoms with van der Waals surface area (Å²) >= 11 is 1.38. The second-order valence-corrected chi connectivity index (χ2v) is 5.42. The molecule has 1 fully saturated rings. The first kappa shape index (κ1) is 12.6. The van der Waals surface area contributed by atoms with E-state index < -0.39 is 11.6 Å². The Morgan fingerprint density at radius 1 is 1.24 bits per heavy atom. The Hall–Kier alpha value is -0.880. The molecular formula is C11H15F2N3S. The van der Waals surface area contributed by atoms with Gasteiger partial charge in [-0.25, -0.2) is 19.6 Å². The summed E-state index contributed by atoms with van der Waals surface area (Å²) in [4.78, 5) is 3.86. The maximum absolute atomic E-state index is 13.5. The van der Waals surface area contributed by atoms with E-state index in [0.717, 1.165) is 18.9 Å². The van der Waals surface area contributed by atoms with Crippen molar-refractivity contribution in [1.82, 2.24) is 4.98 Å². The zero-order chi connectivity index (χ0) is 12.3. The summed E-state index contributed by atoms with van der Waals surface area (Å²) in [5, 5.41) is 0.605. The summed E-state index contributed by atoms with van der Waals surface area (Å²) < 4.78 is 26.7. The number of hydrazine groups is 1. The number of nitrogens with zero attached hydrogens (tertiary/aromatic N) is 1. The fourth-order valence-electron chi connectivity index (χ4n) is 1.97. The molecule has 3 nitrogen and oxygen atoms in total. The third kappa shape index (κ3) is 3.07. The summed E-state index contributed by atoms with van der Waals surface area (Å²) in [6.45, 7) is 0. The molecule has 0 unspecified atom stereocenters. The molecule has 1 aliphatic rings. The van der Waals surface area contributed by atoms with Gasteiger partial charge in [0.15, 0.2) is 17.5 Å². The van der Waals surface area contributed by atoms with Crippen molar-refractivity contribution in [2.45, 2.75) is 42.4 Å². The number of nitrogens with two attached hydrogens (primary N) is 1. The molecule has 1 aromatic heterocycles. The first-order valence-electron chi connectivity index (χ1n) is 5.70. The van der Waals surface area contributed by atoms with Crippen LogP contribution in [0.15, 0.2) is 11.1 Å². The maximum atomic E-state index is 13.5. The molecule has 1 saturated carbocycles. The van der Waals surface area contributed by atoms with Crippen LogP contribution in [0.3, 0.4) is 0 Å². The molecule has 1 heterocycles. The van der Waals surface area contributed by atoms with E-state index in [9.17, 15) is 8.78 Å². The Bertz CT molecular complexity index is 395. The number of hydrogen-bond donors (Lipinski definition) is 2. The number of anilines is 1. The lowest BCUT2D eigenvalue weighted by Crippen LogP contribution is -2.13. The van der Waals surface area contributed by atoms with Gasteiger partial charge in [0.05, 0.1) is 0 Å². The molecule has 1 aliphatic carbocycles. The normalized spacial score (nSPS) is 17.1. The van der Waals surface area contributed by atoms with Gasteiger partial charge in [0.2, 0.25) is 0 Å². The number of halogens is 2. The van der Waals surface area contributed by atoms with Crippen LogP contribution in [-0.2, 0) is 0 Å². The van der Waals surface area contributed by atoms with Crippen LogP contribution < -0.4 is 11.3 Å². The van der Waals surface area contributed by atoms with Gasteiger partial charge >= 0.3 is 0 Å². The minimum Gasteiger partial charge on any atom is -0.306 e. The van der Waals surface area contributed by atoms with E-state index in [1.54, 1.807) is 0 Å². The summed E-state index contributed by atoms with van der Waals surface area (Å²) in [5.41, 5.74) is 2.13. The van der Waals surface area contributed by atoms with E-state index >= 15 is 0 Å². The minimum absolute atomic E-state index is 0.107. The highest BCUT2D eigenvalue weighted by Gasteiger charge is 2.19. The summed E-state index contributed by atoms with van der Waals surface area (Å²) in [7, 11) is 0. The van der Waals surface area contributed by atoms with Gasteiger partial charge in [-0.1, -0.05) is 31.0 Å². The second-order valence-electron chi connectivity index (χ2n) is 4.13. The first-order valence-corrected chi connectivity index (χ1v) is 6.58. The predicted molar refractivity (Wildman–Crippen MR) is 64.7 cm³/mol. The molecule has 0 saturated heterocycles. The molecule has 0 radical (unpaired) electrons. The van der Waals surface area contributed by atoms with Gasteiger partial charge < -0.3 is 5.43 Å². The van der Waals surface area contributed by atoms with Crippen LogP contribution in [0.4, 0.5) is 14.6 Å². The molecule has 0 bridgehead atoms. The molecule has 0 spiro atoms. The monoisotopic (exact) mass is 259 g/mol. The Morgan fingerprint density at radius 2 is 1.94 bits per heavy atom. The highest BCUT2D eigenvalue weighted by molar-refractivity contribution is 7.99. The fourth-order valence-corrected chi connectivity index (χ4v) is 3.17. The van der Waals surface area contributed by atoms with Crippen molar-refractivity contribution < 1.29 is 8.78 Å². The molecule has 3 N–H and O–H groups in total. The van der Waals surface area contributed by atoms with Crippen LogP contribution in [0, 0.1) is 11.6 Å². The van der Waals surface area contributed by atoms with Crippen LogP contribution in [0.25, 0.3) is 0 Å². The van der Waals surface area contributed by atoms with Crippen LogP contribution in [0.1, 0.15) is 32.1 Å². The Kier molecular flexibility index (Phi) is 4.17. The van der Waals surface area contributed by atoms with Gasteiger partial charge in [-0.3, -0.25) is 0 Å².